The van der Waals surface area contributed by atoms with Gasteiger partial charge < -0.3 is 15.3 Å². The van der Waals surface area contributed by atoms with Crippen molar-refractivity contribution >= 4 is 11.9 Å². The van der Waals surface area contributed by atoms with Crippen LogP contribution >= 0.6 is 0 Å². The fourth-order valence-electron chi connectivity index (χ4n) is 0.653. The summed E-state index contributed by atoms with van der Waals surface area (Å²) >= 11 is 0. The fraction of sp³-hybridized carbons (Fsp3) is 0.429. The van der Waals surface area contributed by atoms with E-state index in [1.807, 2.05) is 0 Å². The summed E-state index contributed by atoms with van der Waals surface area (Å²) in [5.74, 6) is -2.79. The third-order valence-electron chi connectivity index (χ3n) is 1.27. The average molecular weight is 174 g/mol. The second-order valence-corrected chi connectivity index (χ2v) is 2.17. The molecule has 1 atom stereocenters. The number of aliphatic hydroxyl groups is 1. The number of aliphatic hydroxyl groups excluding tert-OH is 1. The predicted octanol–water partition coefficient (Wildman–Crippen LogP) is -0.147. The lowest BCUT2D eigenvalue weighted by molar-refractivity contribution is -0.136. The van der Waals surface area contributed by atoms with E-state index >= 15 is 0 Å². The van der Waals surface area contributed by atoms with Crippen LogP contribution in [-0.4, -0.2) is 33.4 Å². The molecule has 0 aromatic carbocycles. The molecule has 0 heterocycles. The SMILES string of the molecule is CCC(O)/C(=C\C(=O)O)C(=O)O. The number of carbonyl (C=O) groups is 2. The molecule has 0 aromatic heterocycles. The molecule has 0 aromatic rings. The normalized spacial score (nSPS) is 14.0. The van der Waals surface area contributed by atoms with Crippen molar-refractivity contribution in [2.45, 2.75) is 19.4 Å². The first kappa shape index (κ1) is 10.6. The van der Waals surface area contributed by atoms with Crippen LogP contribution in [0.25, 0.3) is 0 Å². The molecule has 0 aliphatic heterocycles. The van der Waals surface area contributed by atoms with Crippen LogP contribution in [0.3, 0.4) is 0 Å². The van der Waals surface area contributed by atoms with Crippen molar-refractivity contribution in [3.8, 4) is 0 Å². The van der Waals surface area contributed by atoms with E-state index in [4.69, 9.17) is 15.3 Å². The average Bonchev–Trinajstić information content (AvgIpc) is 1.98. The number of hydrogen-bond donors (Lipinski definition) is 3. The van der Waals surface area contributed by atoms with Crippen molar-refractivity contribution in [2.75, 3.05) is 0 Å². The molecule has 0 spiro atoms. The highest BCUT2D eigenvalue weighted by atomic mass is 16.4. The van der Waals surface area contributed by atoms with Gasteiger partial charge in [0.15, 0.2) is 0 Å². The van der Waals surface area contributed by atoms with Gasteiger partial charge in [0, 0.05) is 6.08 Å². The minimum atomic E-state index is -1.41. The molecule has 12 heavy (non-hydrogen) atoms. The van der Waals surface area contributed by atoms with Gasteiger partial charge in [-0.25, -0.2) is 9.59 Å². The van der Waals surface area contributed by atoms with Crippen LogP contribution in [0.4, 0.5) is 0 Å². The van der Waals surface area contributed by atoms with Crippen LogP contribution in [0.1, 0.15) is 13.3 Å². The smallest absolute Gasteiger partial charge is 0.334 e. The predicted molar refractivity (Wildman–Crippen MR) is 39.7 cm³/mol. The number of aliphatic carboxylic acids is 2. The molecule has 1 unspecified atom stereocenters. The van der Waals surface area contributed by atoms with Crippen molar-refractivity contribution < 1.29 is 24.9 Å². The highest BCUT2D eigenvalue weighted by Gasteiger charge is 2.17. The van der Waals surface area contributed by atoms with Gasteiger partial charge in [0.25, 0.3) is 0 Å². The first-order valence-corrected chi connectivity index (χ1v) is 3.35. The van der Waals surface area contributed by atoms with Gasteiger partial charge in [-0.2, -0.15) is 0 Å². The number of rotatable bonds is 4. The Morgan fingerprint density at radius 3 is 2.17 bits per heavy atom. The first-order chi connectivity index (χ1) is 5.49. The Kier molecular flexibility index (Phi) is 3.99. The number of carboxylic acids is 2. The fourth-order valence-corrected chi connectivity index (χ4v) is 0.653. The molecule has 3 N–H and O–H groups in total. The molecule has 0 aliphatic rings. The van der Waals surface area contributed by atoms with Crippen LogP contribution in [-0.2, 0) is 9.59 Å². The Morgan fingerprint density at radius 1 is 1.42 bits per heavy atom. The van der Waals surface area contributed by atoms with E-state index in [1.54, 1.807) is 6.92 Å². The van der Waals surface area contributed by atoms with E-state index in [1.165, 1.54) is 0 Å². The van der Waals surface area contributed by atoms with Crippen LogP contribution in [0.5, 0.6) is 0 Å². The Hall–Kier alpha value is -1.36. The molecule has 5 heteroatoms. The molecular formula is C7H10O5. The minimum absolute atomic E-state index is 0.172. The maximum atomic E-state index is 10.3. The van der Waals surface area contributed by atoms with Gasteiger partial charge >= 0.3 is 11.9 Å². The quantitative estimate of drug-likeness (QED) is 0.515. The van der Waals surface area contributed by atoms with Gasteiger partial charge in [0.1, 0.15) is 0 Å². The topological polar surface area (TPSA) is 94.8 Å². The Bertz CT molecular complexity index is 218. The number of carboxylic acid groups (broad SMARTS) is 2. The van der Waals surface area contributed by atoms with E-state index in [2.05, 4.69) is 0 Å². The molecule has 0 radical (unpaired) electrons. The monoisotopic (exact) mass is 174 g/mol. The lowest BCUT2D eigenvalue weighted by Crippen LogP contribution is -2.18. The first-order valence-electron chi connectivity index (χ1n) is 3.35. The summed E-state index contributed by atoms with van der Waals surface area (Å²) in [6, 6.07) is 0. The summed E-state index contributed by atoms with van der Waals surface area (Å²) in [6.07, 6.45) is -0.555. The second-order valence-electron chi connectivity index (χ2n) is 2.17. The zero-order valence-corrected chi connectivity index (χ0v) is 6.52. The lowest BCUT2D eigenvalue weighted by atomic mass is 10.1. The Balaban J connectivity index is 4.66. The summed E-state index contributed by atoms with van der Waals surface area (Å²) in [5, 5.41) is 25.7. The molecule has 0 amide bonds. The Morgan fingerprint density at radius 2 is 1.92 bits per heavy atom. The van der Waals surface area contributed by atoms with Crippen LogP contribution in [0.2, 0.25) is 0 Å². The third kappa shape index (κ3) is 3.16. The van der Waals surface area contributed by atoms with Crippen molar-refractivity contribution in [3.63, 3.8) is 0 Å². The molecular weight excluding hydrogens is 164 g/mol. The van der Waals surface area contributed by atoms with E-state index in [-0.39, 0.29) is 6.42 Å². The standard InChI is InChI=1S/C7H10O5/c1-2-5(8)4(7(11)12)3-6(9)10/h3,5,8H,2H2,1H3,(H,9,10)(H,11,12)/b4-3+. The van der Waals surface area contributed by atoms with Crippen molar-refractivity contribution in [3.05, 3.63) is 11.6 Å². The molecule has 0 bridgehead atoms. The summed E-state index contributed by atoms with van der Waals surface area (Å²) < 4.78 is 0. The molecule has 0 aliphatic carbocycles. The highest BCUT2D eigenvalue weighted by molar-refractivity contribution is 5.95. The van der Waals surface area contributed by atoms with Gasteiger partial charge in [-0.1, -0.05) is 6.92 Å². The van der Waals surface area contributed by atoms with Crippen molar-refractivity contribution in [2.24, 2.45) is 0 Å². The minimum Gasteiger partial charge on any atom is -0.478 e. The maximum Gasteiger partial charge on any atom is 0.334 e. The zero-order chi connectivity index (χ0) is 9.72. The molecule has 0 fully saturated rings. The van der Waals surface area contributed by atoms with Gasteiger partial charge in [0.05, 0.1) is 11.7 Å². The second kappa shape index (κ2) is 4.50. The number of hydrogen-bond acceptors (Lipinski definition) is 3. The molecule has 5 nitrogen and oxygen atoms in total. The van der Waals surface area contributed by atoms with Gasteiger partial charge in [0.2, 0.25) is 0 Å². The third-order valence-corrected chi connectivity index (χ3v) is 1.27. The van der Waals surface area contributed by atoms with E-state index in [9.17, 15) is 9.59 Å². The Labute approximate surface area is 68.9 Å². The van der Waals surface area contributed by atoms with Crippen LogP contribution in [0.15, 0.2) is 11.6 Å². The molecule has 68 valence electrons. The van der Waals surface area contributed by atoms with Crippen LogP contribution < -0.4 is 0 Å². The molecule has 0 saturated heterocycles. The van der Waals surface area contributed by atoms with Crippen LogP contribution in [0, 0.1) is 0 Å². The van der Waals surface area contributed by atoms with Gasteiger partial charge in [-0.3, -0.25) is 0 Å². The van der Waals surface area contributed by atoms with Gasteiger partial charge in [-0.05, 0) is 6.42 Å². The van der Waals surface area contributed by atoms with E-state index in [0.29, 0.717) is 6.08 Å². The van der Waals surface area contributed by atoms with E-state index < -0.39 is 23.6 Å². The summed E-state index contributed by atoms with van der Waals surface area (Å²) in [4.78, 5) is 20.4. The molecule has 0 rings (SSSR count). The highest BCUT2D eigenvalue weighted by Crippen LogP contribution is 2.05. The summed E-state index contributed by atoms with van der Waals surface area (Å²) in [6.45, 7) is 1.56. The zero-order valence-electron chi connectivity index (χ0n) is 6.52. The summed E-state index contributed by atoms with van der Waals surface area (Å²) in [7, 11) is 0. The van der Waals surface area contributed by atoms with Gasteiger partial charge in [-0.15, -0.1) is 0 Å². The van der Waals surface area contributed by atoms with Crippen molar-refractivity contribution in [1.29, 1.82) is 0 Å². The van der Waals surface area contributed by atoms with Crippen molar-refractivity contribution in [1.82, 2.24) is 0 Å². The maximum absolute atomic E-state index is 10.3. The lowest BCUT2D eigenvalue weighted by Gasteiger charge is -2.06. The van der Waals surface area contributed by atoms with E-state index in [0.717, 1.165) is 0 Å². The summed E-state index contributed by atoms with van der Waals surface area (Å²) in [5.41, 5.74) is -0.495. The largest absolute Gasteiger partial charge is 0.478 e. The molecule has 0 saturated carbocycles.